The fraction of sp³-hybridized carbons (Fsp3) is 0.333. The largest absolute Gasteiger partial charge is 0.345 e. The predicted molar refractivity (Wildman–Crippen MR) is 140 cm³/mol. The van der Waals surface area contributed by atoms with Crippen LogP contribution in [0.5, 0.6) is 0 Å². The Labute approximate surface area is 190 Å². The van der Waals surface area contributed by atoms with Crippen molar-refractivity contribution in [1.29, 1.82) is 0 Å². The first-order chi connectivity index (χ1) is 14.9. The van der Waals surface area contributed by atoms with Gasteiger partial charge in [-0.25, -0.2) is 0 Å². The summed E-state index contributed by atoms with van der Waals surface area (Å²) in [5.74, 6) is 0.455. The first-order valence-corrected chi connectivity index (χ1v) is 11.5. The van der Waals surface area contributed by atoms with E-state index < -0.39 is 0 Å². The molecule has 0 amide bonds. The van der Waals surface area contributed by atoms with Crippen molar-refractivity contribution in [3.05, 3.63) is 101 Å². The molecule has 0 aliphatic carbocycles. The maximum atomic E-state index is 3.83. The lowest BCUT2D eigenvalue weighted by atomic mass is 9.84. The van der Waals surface area contributed by atoms with Gasteiger partial charge in [-0.15, -0.1) is 0 Å². The Morgan fingerprint density at radius 3 is 2.23 bits per heavy atom. The number of nitrogens with zero attached hydrogens (tertiary/aromatic N) is 1. The predicted octanol–water partition coefficient (Wildman–Crippen LogP) is 8.84. The minimum Gasteiger partial charge on any atom is -0.345 e. The van der Waals surface area contributed by atoms with Gasteiger partial charge in [0.25, 0.3) is 0 Å². The molecule has 1 heteroatoms. The molecule has 1 atom stereocenters. The average Bonchev–Trinajstić information content (AvgIpc) is 2.79. The summed E-state index contributed by atoms with van der Waals surface area (Å²) >= 11 is 0. The van der Waals surface area contributed by atoms with Crippen molar-refractivity contribution in [1.82, 2.24) is 4.90 Å². The van der Waals surface area contributed by atoms with E-state index in [1.807, 2.05) is 12.2 Å². The minimum absolute atomic E-state index is 0.455. The van der Waals surface area contributed by atoms with Gasteiger partial charge in [-0.3, -0.25) is 0 Å². The van der Waals surface area contributed by atoms with E-state index >= 15 is 0 Å². The molecule has 2 aromatic rings. The van der Waals surface area contributed by atoms with E-state index in [4.69, 9.17) is 0 Å². The third-order valence-corrected chi connectivity index (χ3v) is 6.20. The minimum atomic E-state index is 0.455. The highest BCUT2D eigenvalue weighted by Gasteiger charge is 2.22. The van der Waals surface area contributed by atoms with Crippen molar-refractivity contribution < 1.29 is 0 Å². The van der Waals surface area contributed by atoms with Gasteiger partial charge in [0.2, 0.25) is 0 Å². The van der Waals surface area contributed by atoms with Crippen molar-refractivity contribution in [2.75, 3.05) is 7.05 Å². The number of benzene rings is 2. The van der Waals surface area contributed by atoms with Crippen LogP contribution in [0.1, 0.15) is 58.6 Å². The van der Waals surface area contributed by atoms with Gasteiger partial charge in [-0.1, -0.05) is 82.0 Å². The van der Waals surface area contributed by atoms with E-state index in [-0.39, 0.29) is 0 Å². The molecule has 0 aliphatic heterocycles. The maximum absolute atomic E-state index is 3.83. The van der Waals surface area contributed by atoms with Gasteiger partial charge in [0.05, 0.1) is 0 Å². The lowest BCUT2D eigenvalue weighted by Gasteiger charge is -2.31. The SMILES string of the molecule is C=C/C=C\C(=C/C)N(C)C(=C/C)/C(=C(\CC)c1cc2ccccc2cc1C)C(C)CC. The topological polar surface area (TPSA) is 3.24 Å². The second-order valence-electron chi connectivity index (χ2n) is 8.11. The Hall–Kier alpha value is -2.80. The van der Waals surface area contributed by atoms with Gasteiger partial charge in [-0.05, 0) is 84.7 Å². The number of allylic oxidation sites excluding steroid dienone is 7. The molecule has 1 unspecified atom stereocenters. The standard InChI is InChI=1S/C30H39N/c1-9-14-19-26(11-3)31(8)29(13-5)30(22(6)10-2)27(12-4)28-21-25-18-16-15-17-24(25)20-23(28)7/h9,11,13-22H,1,10,12H2,2-8H3/b19-14-,26-11+,29-13+,30-27+. The molecule has 0 saturated carbocycles. The Morgan fingerprint density at radius 1 is 1.06 bits per heavy atom. The summed E-state index contributed by atoms with van der Waals surface area (Å²) in [6.07, 6.45) is 12.5. The van der Waals surface area contributed by atoms with Gasteiger partial charge in [0.15, 0.2) is 0 Å². The Balaban J connectivity index is 2.78. The normalized spacial score (nSPS) is 14.7. The van der Waals surface area contributed by atoms with Crippen LogP contribution in [0.25, 0.3) is 16.3 Å². The van der Waals surface area contributed by atoms with Gasteiger partial charge in [0, 0.05) is 18.4 Å². The third kappa shape index (κ3) is 5.47. The number of hydrogen-bond donors (Lipinski definition) is 0. The number of rotatable bonds is 9. The highest BCUT2D eigenvalue weighted by Crippen LogP contribution is 2.38. The molecule has 0 saturated heterocycles. The molecule has 0 heterocycles. The fourth-order valence-electron chi connectivity index (χ4n) is 4.35. The molecule has 2 aromatic carbocycles. The van der Waals surface area contributed by atoms with Crippen LogP contribution in [-0.2, 0) is 0 Å². The van der Waals surface area contributed by atoms with Gasteiger partial charge < -0.3 is 4.90 Å². The first kappa shape index (κ1) is 24.5. The van der Waals surface area contributed by atoms with Crippen molar-refractivity contribution in [3.8, 4) is 0 Å². The van der Waals surface area contributed by atoms with Crippen LogP contribution < -0.4 is 0 Å². The van der Waals surface area contributed by atoms with Crippen LogP contribution in [0.4, 0.5) is 0 Å². The molecule has 1 nitrogen and oxygen atoms in total. The fourth-order valence-corrected chi connectivity index (χ4v) is 4.35. The zero-order chi connectivity index (χ0) is 23.0. The van der Waals surface area contributed by atoms with Crippen molar-refractivity contribution in [3.63, 3.8) is 0 Å². The molecular weight excluding hydrogens is 374 g/mol. The van der Waals surface area contributed by atoms with Crippen molar-refractivity contribution in [2.24, 2.45) is 5.92 Å². The van der Waals surface area contributed by atoms with Gasteiger partial charge in [0.1, 0.15) is 0 Å². The van der Waals surface area contributed by atoms with Crippen LogP contribution >= 0.6 is 0 Å². The lowest BCUT2D eigenvalue weighted by Crippen LogP contribution is -2.21. The smallest absolute Gasteiger partial charge is 0.0402 e. The molecule has 0 aliphatic rings. The summed E-state index contributed by atoms with van der Waals surface area (Å²) in [4.78, 5) is 2.31. The summed E-state index contributed by atoms with van der Waals surface area (Å²) in [6.45, 7) is 17.2. The van der Waals surface area contributed by atoms with Crippen LogP contribution in [0.3, 0.4) is 0 Å². The molecule has 164 valence electrons. The van der Waals surface area contributed by atoms with Gasteiger partial charge in [-0.2, -0.15) is 0 Å². The molecule has 0 bridgehead atoms. The molecule has 0 fully saturated rings. The van der Waals surface area contributed by atoms with E-state index in [9.17, 15) is 0 Å². The number of likely N-dealkylation sites (N-methyl/N-ethyl adjacent to an activating group) is 1. The highest BCUT2D eigenvalue weighted by molar-refractivity contribution is 5.89. The van der Waals surface area contributed by atoms with Gasteiger partial charge >= 0.3 is 0 Å². The molecular formula is C30H39N. The highest BCUT2D eigenvalue weighted by atomic mass is 15.1. The first-order valence-electron chi connectivity index (χ1n) is 11.5. The summed E-state index contributed by atoms with van der Waals surface area (Å²) < 4.78 is 0. The summed E-state index contributed by atoms with van der Waals surface area (Å²) in [5.41, 5.74) is 8.04. The second kappa shape index (κ2) is 11.6. The maximum Gasteiger partial charge on any atom is 0.0402 e. The van der Waals surface area contributed by atoms with E-state index in [2.05, 4.69) is 115 Å². The zero-order valence-corrected chi connectivity index (χ0v) is 20.5. The zero-order valence-electron chi connectivity index (χ0n) is 20.5. The van der Waals surface area contributed by atoms with Crippen LogP contribution in [0.15, 0.2) is 90.3 Å². The molecule has 0 spiro atoms. The van der Waals surface area contributed by atoms with Crippen LogP contribution in [-0.4, -0.2) is 11.9 Å². The van der Waals surface area contributed by atoms with E-state index in [1.54, 1.807) is 0 Å². The van der Waals surface area contributed by atoms with E-state index in [0.29, 0.717) is 5.92 Å². The molecule has 2 rings (SSSR count). The van der Waals surface area contributed by atoms with Crippen LogP contribution in [0, 0.1) is 12.8 Å². The second-order valence-corrected chi connectivity index (χ2v) is 8.11. The Bertz CT molecular complexity index is 1030. The lowest BCUT2D eigenvalue weighted by molar-refractivity contribution is 0.514. The van der Waals surface area contributed by atoms with E-state index in [0.717, 1.165) is 12.8 Å². The Morgan fingerprint density at radius 2 is 1.71 bits per heavy atom. The van der Waals surface area contributed by atoms with Crippen molar-refractivity contribution in [2.45, 2.75) is 54.4 Å². The van der Waals surface area contributed by atoms with E-state index in [1.165, 1.54) is 44.4 Å². The number of fused-ring (bicyclic) bond motifs is 1. The van der Waals surface area contributed by atoms with Crippen LogP contribution in [0.2, 0.25) is 0 Å². The summed E-state index contributed by atoms with van der Waals surface area (Å²) in [6, 6.07) is 13.4. The third-order valence-electron chi connectivity index (χ3n) is 6.20. The number of aryl methyl sites for hydroxylation is 1. The summed E-state index contributed by atoms with van der Waals surface area (Å²) in [5, 5.41) is 2.61. The molecule has 0 radical (unpaired) electrons. The average molecular weight is 414 g/mol. The van der Waals surface area contributed by atoms with Crippen molar-refractivity contribution >= 4 is 16.3 Å². The molecule has 31 heavy (non-hydrogen) atoms. The molecule has 0 N–H and O–H groups in total. The quantitative estimate of drug-likeness (QED) is 0.371. The molecule has 0 aromatic heterocycles. The monoisotopic (exact) mass is 413 g/mol. The summed E-state index contributed by atoms with van der Waals surface area (Å²) in [7, 11) is 2.17. The Kier molecular flexibility index (Phi) is 9.12. The number of hydrogen-bond acceptors (Lipinski definition) is 1.